The number of anilines is 1. The number of benzene rings is 2. The molecule has 0 spiro atoms. The van der Waals surface area contributed by atoms with E-state index in [2.05, 4.69) is 41.5 Å². The zero-order chi connectivity index (χ0) is 18.8. The van der Waals surface area contributed by atoms with Gasteiger partial charge in [-0.15, -0.1) is 0 Å². The Hall–Kier alpha value is -2.53. The van der Waals surface area contributed by atoms with E-state index in [4.69, 9.17) is 4.74 Å². The number of rotatable bonds is 10. The molecule has 0 aliphatic carbocycles. The van der Waals surface area contributed by atoms with Crippen molar-refractivity contribution in [2.24, 2.45) is 0 Å². The van der Waals surface area contributed by atoms with E-state index in [-0.39, 0.29) is 5.91 Å². The summed E-state index contributed by atoms with van der Waals surface area (Å²) in [7, 11) is 1.59. The SMILES string of the molecule is CCN(CC)CCNC(=O)c1ccc(NCc2ccccc2)cc1OC. The van der Waals surface area contributed by atoms with Crippen molar-refractivity contribution in [1.82, 2.24) is 10.2 Å². The Kier molecular flexibility index (Phi) is 7.96. The van der Waals surface area contributed by atoms with Crippen molar-refractivity contribution >= 4 is 11.6 Å². The zero-order valence-electron chi connectivity index (χ0n) is 15.9. The number of amides is 1. The van der Waals surface area contributed by atoms with Gasteiger partial charge in [0.1, 0.15) is 5.75 Å². The van der Waals surface area contributed by atoms with Crippen LogP contribution in [0, 0.1) is 0 Å². The summed E-state index contributed by atoms with van der Waals surface area (Å²) in [4.78, 5) is 14.7. The Morgan fingerprint density at radius 2 is 1.81 bits per heavy atom. The largest absolute Gasteiger partial charge is 0.496 e. The molecule has 2 aromatic rings. The lowest BCUT2D eigenvalue weighted by molar-refractivity contribution is 0.0946. The van der Waals surface area contributed by atoms with Crippen LogP contribution in [0.5, 0.6) is 5.75 Å². The Balaban J connectivity index is 1.95. The highest BCUT2D eigenvalue weighted by Gasteiger charge is 2.13. The summed E-state index contributed by atoms with van der Waals surface area (Å²) in [5.41, 5.74) is 2.67. The molecule has 0 heterocycles. The summed E-state index contributed by atoms with van der Waals surface area (Å²) >= 11 is 0. The molecule has 0 fully saturated rings. The Labute approximate surface area is 156 Å². The highest BCUT2D eigenvalue weighted by atomic mass is 16.5. The average molecular weight is 355 g/mol. The highest BCUT2D eigenvalue weighted by Crippen LogP contribution is 2.23. The van der Waals surface area contributed by atoms with Crippen molar-refractivity contribution in [1.29, 1.82) is 0 Å². The van der Waals surface area contributed by atoms with E-state index in [9.17, 15) is 4.79 Å². The van der Waals surface area contributed by atoms with Gasteiger partial charge in [0.2, 0.25) is 0 Å². The molecule has 5 nitrogen and oxygen atoms in total. The second-order valence-electron chi connectivity index (χ2n) is 6.04. The normalized spacial score (nSPS) is 10.6. The molecule has 0 radical (unpaired) electrons. The molecule has 1 amide bonds. The van der Waals surface area contributed by atoms with E-state index in [1.807, 2.05) is 30.3 Å². The van der Waals surface area contributed by atoms with Crippen LogP contribution in [0.2, 0.25) is 0 Å². The van der Waals surface area contributed by atoms with E-state index >= 15 is 0 Å². The number of nitrogens with one attached hydrogen (secondary N) is 2. The minimum atomic E-state index is -0.108. The number of carbonyl (C=O) groups is 1. The maximum absolute atomic E-state index is 12.4. The number of methoxy groups -OCH3 is 1. The van der Waals surface area contributed by atoms with Gasteiger partial charge in [-0.2, -0.15) is 0 Å². The molecule has 0 aromatic heterocycles. The number of ether oxygens (including phenoxy) is 1. The molecule has 2 N–H and O–H groups in total. The van der Waals surface area contributed by atoms with E-state index in [0.29, 0.717) is 17.9 Å². The number of hydrogen-bond donors (Lipinski definition) is 2. The Bertz CT molecular complexity index is 685. The molecular weight excluding hydrogens is 326 g/mol. The van der Waals surface area contributed by atoms with E-state index in [1.54, 1.807) is 13.2 Å². The first-order chi connectivity index (χ1) is 12.7. The van der Waals surface area contributed by atoms with Crippen molar-refractivity contribution in [2.45, 2.75) is 20.4 Å². The van der Waals surface area contributed by atoms with Crippen LogP contribution >= 0.6 is 0 Å². The van der Waals surface area contributed by atoms with Gasteiger partial charge in [-0.1, -0.05) is 44.2 Å². The van der Waals surface area contributed by atoms with Crippen LogP contribution < -0.4 is 15.4 Å². The predicted molar refractivity (Wildman–Crippen MR) is 107 cm³/mol. The van der Waals surface area contributed by atoms with Gasteiger partial charge < -0.3 is 20.3 Å². The number of carbonyl (C=O) groups excluding carboxylic acids is 1. The maximum atomic E-state index is 12.4. The number of hydrogen-bond acceptors (Lipinski definition) is 4. The van der Waals surface area contributed by atoms with E-state index in [1.165, 1.54) is 5.56 Å². The summed E-state index contributed by atoms with van der Waals surface area (Å²) in [5.74, 6) is 0.465. The molecule has 0 unspecified atom stereocenters. The summed E-state index contributed by atoms with van der Waals surface area (Å²) in [6.45, 7) is 8.40. The smallest absolute Gasteiger partial charge is 0.255 e. The maximum Gasteiger partial charge on any atom is 0.255 e. The van der Waals surface area contributed by atoms with Gasteiger partial charge in [0.15, 0.2) is 0 Å². The summed E-state index contributed by atoms with van der Waals surface area (Å²) in [5, 5.41) is 6.33. The molecule has 0 saturated heterocycles. The lowest BCUT2D eigenvalue weighted by Gasteiger charge is -2.18. The van der Waals surface area contributed by atoms with Crippen LogP contribution in [0.15, 0.2) is 48.5 Å². The standard InChI is InChI=1S/C21H29N3O2/c1-4-24(5-2)14-13-22-21(25)19-12-11-18(15-20(19)26-3)23-16-17-9-7-6-8-10-17/h6-12,15,23H,4-5,13-14,16H2,1-3H3,(H,22,25). The lowest BCUT2D eigenvalue weighted by Crippen LogP contribution is -2.34. The number of nitrogens with zero attached hydrogens (tertiary/aromatic N) is 1. The van der Waals surface area contributed by atoms with Crippen LogP contribution in [-0.2, 0) is 6.54 Å². The van der Waals surface area contributed by atoms with Crippen LogP contribution in [0.4, 0.5) is 5.69 Å². The molecule has 0 aliphatic heterocycles. The van der Waals surface area contributed by atoms with Crippen molar-refractivity contribution in [3.63, 3.8) is 0 Å². The van der Waals surface area contributed by atoms with Crippen molar-refractivity contribution in [2.75, 3.05) is 38.6 Å². The first-order valence-electron chi connectivity index (χ1n) is 9.14. The molecule has 140 valence electrons. The van der Waals surface area contributed by atoms with Gasteiger partial charge in [-0.3, -0.25) is 4.79 Å². The van der Waals surface area contributed by atoms with Gasteiger partial charge in [0, 0.05) is 31.4 Å². The van der Waals surface area contributed by atoms with Crippen molar-refractivity contribution in [3.8, 4) is 5.75 Å². The molecule has 5 heteroatoms. The molecule has 0 saturated carbocycles. The first kappa shape index (κ1) is 19.8. The minimum Gasteiger partial charge on any atom is -0.496 e. The Morgan fingerprint density at radius 3 is 2.46 bits per heavy atom. The fourth-order valence-corrected chi connectivity index (χ4v) is 2.75. The van der Waals surface area contributed by atoms with Gasteiger partial charge in [-0.25, -0.2) is 0 Å². The third kappa shape index (κ3) is 5.77. The van der Waals surface area contributed by atoms with E-state index < -0.39 is 0 Å². The fourth-order valence-electron chi connectivity index (χ4n) is 2.75. The monoisotopic (exact) mass is 355 g/mol. The molecule has 2 aromatic carbocycles. The van der Waals surface area contributed by atoms with Crippen LogP contribution in [0.25, 0.3) is 0 Å². The molecule has 2 rings (SSSR count). The van der Waals surface area contributed by atoms with Crippen LogP contribution in [-0.4, -0.2) is 44.1 Å². The van der Waals surface area contributed by atoms with Gasteiger partial charge in [0.25, 0.3) is 5.91 Å². The fraction of sp³-hybridized carbons (Fsp3) is 0.381. The second kappa shape index (κ2) is 10.5. The zero-order valence-corrected chi connectivity index (χ0v) is 15.9. The topological polar surface area (TPSA) is 53.6 Å². The summed E-state index contributed by atoms with van der Waals surface area (Å²) in [6.07, 6.45) is 0. The second-order valence-corrected chi connectivity index (χ2v) is 6.04. The van der Waals surface area contributed by atoms with Gasteiger partial charge in [-0.05, 0) is 30.8 Å². The highest BCUT2D eigenvalue weighted by molar-refractivity contribution is 5.97. The Morgan fingerprint density at radius 1 is 1.08 bits per heavy atom. The van der Waals surface area contributed by atoms with Gasteiger partial charge in [0.05, 0.1) is 12.7 Å². The molecule has 26 heavy (non-hydrogen) atoms. The predicted octanol–water partition coefficient (Wildman–Crippen LogP) is 3.38. The molecule has 0 bridgehead atoms. The van der Waals surface area contributed by atoms with Crippen LogP contribution in [0.1, 0.15) is 29.8 Å². The molecule has 0 aliphatic rings. The van der Waals surface area contributed by atoms with E-state index in [0.717, 1.165) is 31.9 Å². The lowest BCUT2D eigenvalue weighted by atomic mass is 10.1. The molecule has 0 atom stereocenters. The quantitative estimate of drug-likeness (QED) is 0.686. The number of likely N-dealkylation sites (N-methyl/N-ethyl adjacent to an activating group) is 1. The third-order valence-corrected chi connectivity index (χ3v) is 4.39. The van der Waals surface area contributed by atoms with Gasteiger partial charge >= 0.3 is 0 Å². The average Bonchev–Trinajstić information content (AvgIpc) is 2.70. The van der Waals surface area contributed by atoms with Crippen molar-refractivity contribution in [3.05, 3.63) is 59.7 Å². The summed E-state index contributed by atoms with van der Waals surface area (Å²) < 4.78 is 5.42. The summed E-state index contributed by atoms with van der Waals surface area (Å²) in [6, 6.07) is 15.8. The molecular formula is C21H29N3O2. The third-order valence-electron chi connectivity index (χ3n) is 4.39. The first-order valence-corrected chi connectivity index (χ1v) is 9.14. The van der Waals surface area contributed by atoms with Crippen LogP contribution in [0.3, 0.4) is 0 Å². The van der Waals surface area contributed by atoms with Crippen molar-refractivity contribution < 1.29 is 9.53 Å². The minimum absolute atomic E-state index is 0.108.